The number of aromatic nitrogens is 2. The summed E-state index contributed by atoms with van der Waals surface area (Å²) >= 11 is 0. The predicted octanol–water partition coefficient (Wildman–Crippen LogP) is 2.20. The number of nitrogens with zero attached hydrogens (tertiary/aromatic N) is 2. The third kappa shape index (κ3) is 4.00. The fourth-order valence-electron chi connectivity index (χ4n) is 1.69. The van der Waals surface area contributed by atoms with Crippen LogP contribution in [0.1, 0.15) is 12.0 Å². The summed E-state index contributed by atoms with van der Waals surface area (Å²) in [7, 11) is 0. The lowest BCUT2D eigenvalue weighted by Crippen LogP contribution is -2.16. The minimum absolute atomic E-state index is 0.178. The van der Waals surface area contributed by atoms with Gasteiger partial charge in [0.15, 0.2) is 0 Å². The first-order valence-corrected chi connectivity index (χ1v) is 5.75. The third-order valence-corrected chi connectivity index (χ3v) is 2.55. The van der Waals surface area contributed by atoms with E-state index in [9.17, 15) is 4.39 Å². The number of imidazole rings is 1. The molecule has 1 aromatic heterocycles. The van der Waals surface area contributed by atoms with Crippen LogP contribution in [0.25, 0.3) is 0 Å². The van der Waals surface area contributed by atoms with Gasteiger partial charge >= 0.3 is 0 Å². The Labute approximate surface area is 100 Å². The molecule has 1 aromatic carbocycles. The van der Waals surface area contributed by atoms with Crippen molar-refractivity contribution < 1.29 is 4.39 Å². The van der Waals surface area contributed by atoms with Crippen LogP contribution in [0.2, 0.25) is 0 Å². The molecule has 0 saturated carbocycles. The quantitative estimate of drug-likeness (QED) is 0.775. The maximum absolute atomic E-state index is 12.9. The lowest BCUT2D eigenvalue weighted by Gasteiger charge is -2.05. The normalized spacial score (nSPS) is 10.6. The SMILES string of the molecule is Fc1cccc(CNCCCn2ccnc2)c1. The van der Waals surface area contributed by atoms with Crippen LogP contribution in [-0.4, -0.2) is 16.1 Å². The van der Waals surface area contributed by atoms with Gasteiger partial charge in [-0.3, -0.25) is 0 Å². The van der Waals surface area contributed by atoms with Crippen molar-refractivity contribution >= 4 is 0 Å². The number of halogens is 1. The van der Waals surface area contributed by atoms with Crippen molar-refractivity contribution in [3.63, 3.8) is 0 Å². The summed E-state index contributed by atoms with van der Waals surface area (Å²) in [5.41, 5.74) is 0.979. The largest absolute Gasteiger partial charge is 0.337 e. The van der Waals surface area contributed by atoms with Crippen LogP contribution in [0.5, 0.6) is 0 Å². The molecule has 0 saturated heterocycles. The maximum Gasteiger partial charge on any atom is 0.123 e. The molecule has 0 amide bonds. The Kier molecular flexibility index (Phi) is 4.27. The van der Waals surface area contributed by atoms with Crippen LogP contribution in [0.15, 0.2) is 43.0 Å². The summed E-state index contributed by atoms with van der Waals surface area (Å²) in [4.78, 5) is 3.98. The Morgan fingerprint density at radius 2 is 2.29 bits per heavy atom. The highest BCUT2D eigenvalue weighted by Crippen LogP contribution is 2.02. The minimum atomic E-state index is -0.178. The summed E-state index contributed by atoms with van der Waals surface area (Å²) in [5, 5.41) is 3.29. The zero-order chi connectivity index (χ0) is 11.9. The molecule has 3 nitrogen and oxygen atoms in total. The lowest BCUT2D eigenvalue weighted by molar-refractivity contribution is 0.577. The average Bonchev–Trinajstić information content (AvgIpc) is 2.82. The molecule has 2 aromatic rings. The van der Waals surface area contributed by atoms with E-state index in [0.29, 0.717) is 6.54 Å². The molecule has 0 aliphatic heterocycles. The molecule has 0 bridgehead atoms. The summed E-state index contributed by atoms with van der Waals surface area (Å²) in [6.45, 7) is 2.58. The zero-order valence-corrected chi connectivity index (χ0v) is 9.64. The fraction of sp³-hybridized carbons (Fsp3) is 0.308. The first-order chi connectivity index (χ1) is 8.34. The van der Waals surface area contributed by atoms with Crippen molar-refractivity contribution in [2.45, 2.75) is 19.5 Å². The van der Waals surface area contributed by atoms with E-state index >= 15 is 0 Å². The Morgan fingerprint density at radius 3 is 3.06 bits per heavy atom. The predicted molar refractivity (Wildman–Crippen MR) is 65.0 cm³/mol. The molecular weight excluding hydrogens is 217 g/mol. The smallest absolute Gasteiger partial charge is 0.123 e. The number of benzene rings is 1. The van der Waals surface area contributed by atoms with Crippen LogP contribution < -0.4 is 5.32 Å². The molecule has 0 atom stereocenters. The monoisotopic (exact) mass is 233 g/mol. The molecule has 4 heteroatoms. The van der Waals surface area contributed by atoms with Crippen LogP contribution in [0.3, 0.4) is 0 Å². The molecule has 0 fully saturated rings. The van der Waals surface area contributed by atoms with Crippen molar-refractivity contribution in [2.24, 2.45) is 0 Å². The molecule has 2 rings (SSSR count). The highest BCUT2D eigenvalue weighted by molar-refractivity contribution is 5.15. The molecule has 0 radical (unpaired) electrons. The van der Waals surface area contributed by atoms with Gasteiger partial charge in [-0.25, -0.2) is 9.37 Å². The van der Waals surface area contributed by atoms with E-state index in [1.807, 2.05) is 23.2 Å². The molecule has 1 heterocycles. The molecular formula is C13H16FN3. The van der Waals surface area contributed by atoms with Gasteiger partial charge in [0.1, 0.15) is 5.82 Å². The van der Waals surface area contributed by atoms with E-state index in [1.165, 1.54) is 6.07 Å². The number of rotatable bonds is 6. The second kappa shape index (κ2) is 6.15. The van der Waals surface area contributed by atoms with Gasteiger partial charge in [0, 0.05) is 25.5 Å². The van der Waals surface area contributed by atoms with E-state index in [0.717, 1.165) is 25.1 Å². The summed E-state index contributed by atoms with van der Waals surface area (Å²) < 4.78 is 14.9. The first kappa shape index (κ1) is 11.8. The topological polar surface area (TPSA) is 29.9 Å². The molecule has 0 unspecified atom stereocenters. The molecule has 0 aliphatic rings. The van der Waals surface area contributed by atoms with Gasteiger partial charge in [-0.05, 0) is 30.7 Å². The average molecular weight is 233 g/mol. The second-order valence-electron chi connectivity index (χ2n) is 3.96. The van der Waals surface area contributed by atoms with Crippen molar-refractivity contribution in [3.8, 4) is 0 Å². The van der Waals surface area contributed by atoms with Gasteiger partial charge in [-0.15, -0.1) is 0 Å². The standard InChI is InChI=1S/C13H16FN3/c14-13-4-1-3-12(9-13)10-15-5-2-7-17-8-6-16-11-17/h1,3-4,6,8-9,11,15H,2,5,7,10H2. The number of hydrogen-bond acceptors (Lipinski definition) is 2. The van der Waals surface area contributed by atoms with Gasteiger partial charge in [0.05, 0.1) is 6.33 Å². The van der Waals surface area contributed by atoms with Gasteiger partial charge in [-0.2, -0.15) is 0 Å². The van der Waals surface area contributed by atoms with Crippen molar-refractivity contribution in [1.82, 2.24) is 14.9 Å². The van der Waals surface area contributed by atoms with E-state index in [-0.39, 0.29) is 5.82 Å². The van der Waals surface area contributed by atoms with Crippen LogP contribution in [0.4, 0.5) is 4.39 Å². The molecule has 17 heavy (non-hydrogen) atoms. The van der Waals surface area contributed by atoms with Gasteiger partial charge in [-0.1, -0.05) is 12.1 Å². The van der Waals surface area contributed by atoms with Crippen LogP contribution in [-0.2, 0) is 13.1 Å². The summed E-state index contributed by atoms with van der Waals surface area (Å²) in [6, 6.07) is 6.68. The Hall–Kier alpha value is -1.68. The Balaban J connectivity index is 1.63. The second-order valence-corrected chi connectivity index (χ2v) is 3.96. The number of hydrogen-bond donors (Lipinski definition) is 1. The Bertz CT molecular complexity index is 440. The lowest BCUT2D eigenvalue weighted by atomic mass is 10.2. The number of aryl methyl sites for hydroxylation is 1. The fourth-order valence-corrected chi connectivity index (χ4v) is 1.69. The van der Waals surface area contributed by atoms with Gasteiger partial charge in [0.2, 0.25) is 0 Å². The van der Waals surface area contributed by atoms with E-state index in [1.54, 1.807) is 18.3 Å². The summed E-state index contributed by atoms with van der Waals surface area (Å²) in [6.07, 6.45) is 6.57. The highest BCUT2D eigenvalue weighted by Gasteiger charge is 1.95. The van der Waals surface area contributed by atoms with Gasteiger partial charge < -0.3 is 9.88 Å². The summed E-state index contributed by atoms with van der Waals surface area (Å²) in [5.74, 6) is -0.178. The first-order valence-electron chi connectivity index (χ1n) is 5.75. The third-order valence-electron chi connectivity index (χ3n) is 2.55. The maximum atomic E-state index is 12.9. The van der Waals surface area contributed by atoms with Crippen molar-refractivity contribution in [1.29, 1.82) is 0 Å². The van der Waals surface area contributed by atoms with Crippen LogP contribution >= 0.6 is 0 Å². The highest BCUT2D eigenvalue weighted by atomic mass is 19.1. The zero-order valence-electron chi connectivity index (χ0n) is 9.64. The minimum Gasteiger partial charge on any atom is -0.337 e. The van der Waals surface area contributed by atoms with E-state index < -0.39 is 0 Å². The van der Waals surface area contributed by atoms with Crippen LogP contribution in [0, 0.1) is 5.82 Å². The Morgan fingerprint density at radius 1 is 1.35 bits per heavy atom. The molecule has 0 aliphatic carbocycles. The number of nitrogens with one attached hydrogen (secondary N) is 1. The van der Waals surface area contributed by atoms with Crippen molar-refractivity contribution in [3.05, 3.63) is 54.4 Å². The van der Waals surface area contributed by atoms with E-state index in [2.05, 4.69) is 10.3 Å². The molecule has 90 valence electrons. The van der Waals surface area contributed by atoms with Crippen molar-refractivity contribution in [2.75, 3.05) is 6.54 Å². The molecule has 0 spiro atoms. The van der Waals surface area contributed by atoms with Gasteiger partial charge in [0.25, 0.3) is 0 Å². The molecule has 1 N–H and O–H groups in total. The van der Waals surface area contributed by atoms with E-state index in [4.69, 9.17) is 0 Å².